The van der Waals surface area contributed by atoms with Crippen LogP contribution in [0.2, 0.25) is 0 Å². The normalized spacial score (nSPS) is 15.0. The third-order valence-corrected chi connectivity index (χ3v) is 2.14. The predicted molar refractivity (Wildman–Crippen MR) is 49.6 cm³/mol. The Hall–Kier alpha value is -0.0400. The molecule has 1 N–H and O–H groups in total. The first-order valence-electron chi connectivity index (χ1n) is 4.62. The molecule has 1 heteroatoms. The van der Waals surface area contributed by atoms with Crippen LogP contribution < -0.4 is 0 Å². The summed E-state index contributed by atoms with van der Waals surface area (Å²) >= 11 is 0. The maximum Gasteiger partial charge on any atom is 0.0456 e. The van der Waals surface area contributed by atoms with Gasteiger partial charge in [0, 0.05) is 6.61 Å². The Morgan fingerprint density at radius 3 is 2.27 bits per heavy atom. The molecule has 0 aliphatic carbocycles. The second-order valence-electron chi connectivity index (χ2n) is 4.41. The molecule has 0 saturated heterocycles. The maximum atomic E-state index is 8.87. The minimum atomic E-state index is 0.327. The van der Waals surface area contributed by atoms with Crippen LogP contribution in [0.15, 0.2) is 0 Å². The summed E-state index contributed by atoms with van der Waals surface area (Å²) in [5.41, 5.74) is 0.414. The zero-order chi connectivity index (χ0) is 8.91. The molecule has 0 aliphatic heterocycles. The Labute approximate surface area is 70.8 Å². The van der Waals surface area contributed by atoms with Gasteiger partial charge in [0.1, 0.15) is 0 Å². The van der Waals surface area contributed by atoms with Crippen molar-refractivity contribution in [2.45, 2.75) is 47.0 Å². The van der Waals surface area contributed by atoms with Crippen LogP contribution in [0.3, 0.4) is 0 Å². The molecule has 0 fully saturated rings. The van der Waals surface area contributed by atoms with Crippen molar-refractivity contribution in [1.29, 1.82) is 0 Å². The standard InChI is InChI=1S/C10H22O/c1-5-6-10(3,4)7-9(2)8-11/h9,11H,5-8H2,1-4H3. The lowest BCUT2D eigenvalue weighted by atomic mass is 9.80. The maximum absolute atomic E-state index is 8.87. The quantitative estimate of drug-likeness (QED) is 0.652. The van der Waals surface area contributed by atoms with Crippen molar-refractivity contribution in [3.8, 4) is 0 Å². The SMILES string of the molecule is CCCC(C)(C)CC(C)CO. The van der Waals surface area contributed by atoms with Crippen LogP contribution in [0, 0.1) is 11.3 Å². The van der Waals surface area contributed by atoms with Gasteiger partial charge in [-0.1, -0.05) is 34.1 Å². The van der Waals surface area contributed by atoms with E-state index in [4.69, 9.17) is 5.11 Å². The monoisotopic (exact) mass is 158 g/mol. The predicted octanol–water partition coefficient (Wildman–Crippen LogP) is 2.83. The molecule has 1 unspecified atom stereocenters. The van der Waals surface area contributed by atoms with E-state index in [1.807, 2.05) is 0 Å². The number of rotatable bonds is 5. The zero-order valence-electron chi connectivity index (χ0n) is 8.35. The fraction of sp³-hybridized carbons (Fsp3) is 1.00. The van der Waals surface area contributed by atoms with E-state index in [9.17, 15) is 0 Å². The lowest BCUT2D eigenvalue weighted by Crippen LogP contribution is -2.17. The van der Waals surface area contributed by atoms with Crippen LogP contribution in [-0.4, -0.2) is 11.7 Å². The van der Waals surface area contributed by atoms with Gasteiger partial charge in [0.25, 0.3) is 0 Å². The zero-order valence-corrected chi connectivity index (χ0v) is 8.35. The Kier molecular flexibility index (Phi) is 4.74. The fourth-order valence-corrected chi connectivity index (χ4v) is 1.79. The summed E-state index contributed by atoms with van der Waals surface area (Å²) < 4.78 is 0. The molecule has 0 rings (SSSR count). The van der Waals surface area contributed by atoms with Crippen molar-refractivity contribution >= 4 is 0 Å². The second kappa shape index (κ2) is 4.76. The molecular formula is C10H22O. The molecule has 11 heavy (non-hydrogen) atoms. The highest BCUT2D eigenvalue weighted by atomic mass is 16.3. The minimum Gasteiger partial charge on any atom is -0.396 e. The van der Waals surface area contributed by atoms with E-state index in [2.05, 4.69) is 27.7 Å². The highest BCUT2D eigenvalue weighted by Gasteiger charge is 2.19. The molecule has 0 amide bonds. The van der Waals surface area contributed by atoms with E-state index in [0.29, 0.717) is 17.9 Å². The molecule has 0 aliphatic rings. The van der Waals surface area contributed by atoms with Gasteiger partial charge < -0.3 is 5.11 Å². The molecule has 0 heterocycles. The Balaban J connectivity index is 3.70. The third kappa shape index (κ3) is 5.25. The first-order chi connectivity index (χ1) is 5.02. The van der Waals surface area contributed by atoms with Crippen molar-refractivity contribution in [3.63, 3.8) is 0 Å². The van der Waals surface area contributed by atoms with Gasteiger partial charge in [-0.15, -0.1) is 0 Å². The fourth-order valence-electron chi connectivity index (χ4n) is 1.79. The molecule has 1 nitrogen and oxygen atoms in total. The number of hydrogen-bond acceptors (Lipinski definition) is 1. The summed E-state index contributed by atoms with van der Waals surface area (Å²) in [6.07, 6.45) is 3.64. The summed E-state index contributed by atoms with van der Waals surface area (Å²) in [5, 5.41) is 8.87. The van der Waals surface area contributed by atoms with Gasteiger partial charge in [-0.25, -0.2) is 0 Å². The summed E-state index contributed by atoms with van der Waals surface area (Å²) in [5.74, 6) is 0.455. The molecule has 0 spiro atoms. The van der Waals surface area contributed by atoms with E-state index < -0.39 is 0 Å². The molecule has 0 aromatic rings. The van der Waals surface area contributed by atoms with Crippen molar-refractivity contribution in [2.24, 2.45) is 11.3 Å². The molecule has 0 radical (unpaired) electrons. The van der Waals surface area contributed by atoms with Crippen molar-refractivity contribution in [2.75, 3.05) is 6.61 Å². The first kappa shape index (κ1) is 11.0. The summed E-state index contributed by atoms with van der Waals surface area (Å²) in [6, 6.07) is 0. The Morgan fingerprint density at radius 1 is 1.36 bits per heavy atom. The van der Waals surface area contributed by atoms with Gasteiger partial charge in [0.2, 0.25) is 0 Å². The van der Waals surface area contributed by atoms with Crippen LogP contribution in [0.25, 0.3) is 0 Å². The van der Waals surface area contributed by atoms with Crippen LogP contribution in [0.4, 0.5) is 0 Å². The lowest BCUT2D eigenvalue weighted by Gasteiger charge is -2.26. The van der Waals surface area contributed by atoms with E-state index in [-0.39, 0.29) is 0 Å². The average Bonchev–Trinajstić information content (AvgIpc) is 1.86. The summed E-state index contributed by atoms with van der Waals surface area (Å²) in [6.45, 7) is 9.21. The average molecular weight is 158 g/mol. The summed E-state index contributed by atoms with van der Waals surface area (Å²) in [4.78, 5) is 0. The van der Waals surface area contributed by atoms with Gasteiger partial charge >= 0.3 is 0 Å². The third-order valence-electron chi connectivity index (χ3n) is 2.14. The first-order valence-corrected chi connectivity index (χ1v) is 4.62. The van der Waals surface area contributed by atoms with Gasteiger partial charge in [0.05, 0.1) is 0 Å². The highest BCUT2D eigenvalue weighted by Crippen LogP contribution is 2.29. The number of aliphatic hydroxyl groups excluding tert-OH is 1. The molecule has 0 aromatic heterocycles. The number of hydrogen-bond donors (Lipinski definition) is 1. The number of aliphatic hydroxyl groups is 1. The Bertz CT molecular complexity index is 97.0. The highest BCUT2D eigenvalue weighted by molar-refractivity contribution is 4.70. The Morgan fingerprint density at radius 2 is 1.91 bits per heavy atom. The summed E-state index contributed by atoms with van der Waals surface area (Å²) in [7, 11) is 0. The van der Waals surface area contributed by atoms with E-state index in [0.717, 1.165) is 6.42 Å². The minimum absolute atomic E-state index is 0.327. The van der Waals surface area contributed by atoms with Gasteiger partial charge in [-0.3, -0.25) is 0 Å². The van der Waals surface area contributed by atoms with Gasteiger partial charge in [0.15, 0.2) is 0 Å². The smallest absolute Gasteiger partial charge is 0.0456 e. The molecule has 0 saturated carbocycles. The van der Waals surface area contributed by atoms with Crippen molar-refractivity contribution in [3.05, 3.63) is 0 Å². The molecule has 0 aromatic carbocycles. The van der Waals surface area contributed by atoms with Crippen molar-refractivity contribution < 1.29 is 5.11 Å². The van der Waals surface area contributed by atoms with E-state index in [1.54, 1.807) is 0 Å². The van der Waals surface area contributed by atoms with Gasteiger partial charge in [-0.2, -0.15) is 0 Å². The second-order valence-corrected chi connectivity index (χ2v) is 4.41. The van der Waals surface area contributed by atoms with Crippen LogP contribution in [0.1, 0.15) is 47.0 Å². The largest absolute Gasteiger partial charge is 0.396 e. The van der Waals surface area contributed by atoms with Crippen LogP contribution in [-0.2, 0) is 0 Å². The molecule has 1 atom stereocenters. The van der Waals surface area contributed by atoms with Crippen LogP contribution >= 0.6 is 0 Å². The molecule has 0 bridgehead atoms. The topological polar surface area (TPSA) is 20.2 Å². The van der Waals surface area contributed by atoms with Crippen molar-refractivity contribution in [1.82, 2.24) is 0 Å². The van der Waals surface area contributed by atoms with E-state index in [1.165, 1.54) is 12.8 Å². The molecular weight excluding hydrogens is 136 g/mol. The van der Waals surface area contributed by atoms with Crippen LogP contribution in [0.5, 0.6) is 0 Å². The molecule has 68 valence electrons. The van der Waals surface area contributed by atoms with E-state index >= 15 is 0 Å². The lowest BCUT2D eigenvalue weighted by molar-refractivity contribution is 0.174. The van der Waals surface area contributed by atoms with Gasteiger partial charge in [-0.05, 0) is 24.2 Å².